The summed E-state index contributed by atoms with van der Waals surface area (Å²) in [5, 5.41) is 10.6. The van der Waals surface area contributed by atoms with Gasteiger partial charge in [-0.3, -0.25) is 9.28 Å². The zero-order valence-electron chi connectivity index (χ0n) is 24.1. The molecular formula is C33H32N5O5+. The van der Waals surface area contributed by atoms with Crippen LogP contribution in [0.4, 0.5) is 17.5 Å². The van der Waals surface area contributed by atoms with E-state index in [-0.39, 0.29) is 28.2 Å². The minimum atomic E-state index is -2.35. The number of nitrogens with zero attached hydrogens (tertiary/aromatic N) is 3. The molecule has 1 aliphatic heterocycles. The standard InChI is InChI=1S/C33H31N5O5/c1-38(20-22-12-8-5-9-13-22)26-17-23(15-14-21-10-6-4-7-11-21)16-24(18-25-19-36-32(35)37-29(25)34)27(26)28(39)33(43-3,31(40)41)30(38)42-2/h4-13,16-17,19,30H,18,20H2,1-3H3,(H4-,34,35,36,37,40,41)/p+1. The van der Waals surface area contributed by atoms with E-state index in [0.717, 1.165) is 11.1 Å². The Morgan fingerprint density at radius 3 is 2.26 bits per heavy atom. The molecule has 0 fully saturated rings. The van der Waals surface area contributed by atoms with E-state index in [1.807, 2.05) is 73.8 Å². The van der Waals surface area contributed by atoms with E-state index in [2.05, 4.69) is 21.8 Å². The highest BCUT2D eigenvalue weighted by molar-refractivity contribution is 6.20. The van der Waals surface area contributed by atoms with Gasteiger partial charge in [-0.05, 0) is 23.8 Å². The molecule has 3 atom stereocenters. The van der Waals surface area contributed by atoms with Crippen molar-refractivity contribution in [3.63, 3.8) is 0 Å². The highest BCUT2D eigenvalue weighted by Gasteiger charge is 2.67. The number of ether oxygens (including phenoxy) is 2. The lowest BCUT2D eigenvalue weighted by atomic mass is 9.79. The molecule has 0 saturated heterocycles. The van der Waals surface area contributed by atoms with Crippen LogP contribution in [0.15, 0.2) is 79.0 Å². The predicted molar refractivity (Wildman–Crippen MR) is 163 cm³/mol. The molecule has 0 spiro atoms. The third-order valence-electron chi connectivity index (χ3n) is 7.82. The number of quaternary nitrogens is 1. The van der Waals surface area contributed by atoms with Gasteiger partial charge in [0.25, 0.3) is 0 Å². The molecule has 3 unspecified atom stereocenters. The molecule has 0 saturated carbocycles. The number of nitrogen functional groups attached to an aromatic ring is 2. The number of Topliss-reactive ketones (excluding diaryl/α,β-unsaturated/α-hetero) is 1. The Hall–Kier alpha value is -5.08. The zero-order chi connectivity index (χ0) is 30.8. The number of benzene rings is 3. The number of anilines is 2. The number of hydrogen-bond donors (Lipinski definition) is 3. The molecule has 3 aromatic carbocycles. The maximum absolute atomic E-state index is 14.4. The van der Waals surface area contributed by atoms with Crippen LogP contribution < -0.4 is 16.0 Å². The van der Waals surface area contributed by atoms with Gasteiger partial charge in [0, 0.05) is 55.2 Å². The lowest BCUT2D eigenvalue weighted by Gasteiger charge is -2.50. The molecule has 1 aliphatic rings. The summed E-state index contributed by atoms with van der Waals surface area (Å²) in [5.41, 5.74) is 13.7. The van der Waals surface area contributed by atoms with Crippen LogP contribution >= 0.6 is 0 Å². The van der Waals surface area contributed by atoms with Crippen LogP contribution in [-0.2, 0) is 27.2 Å². The average molecular weight is 579 g/mol. The fraction of sp³-hybridized carbons (Fsp3) is 0.212. The molecule has 43 heavy (non-hydrogen) atoms. The molecular weight excluding hydrogens is 546 g/mol. The van der Waals surface area contributed by atoms with E-state index in [4.69, 9.17) is 20.9 Å². The first-order chi connectivity index (χ1) is 20.6. The summed E-state index contributed by atoms with van der Waals surface area (Å²) in [4.78, 5) is 35.6. The summed E-state index contributed by atoms with van der Waals surface area (Å²) in [7, 11) is 4.43. The van der Waals surface area contributed by atoms with Gasteiger partial charge in [-0.2, -0.15) is 4.98 Å². The monoisotopic (exact) mass is 578 g/mol. The summed E-state index contributed by atoms with van der Waals surface area (Å²) in [6.45, 7) is 0.292. The second-order valence-electron chi connectivity index (χ2n) is 10.5. The normalized spacial score (nSPS) is 21.0. The van der Waals surface area contributed by atoms with Crippen LogP contribution in [0.2, 0.25) is 0 Å². The summed E-state index contributed by atoms with van der Waals surface area (Å²) in [5.74, 6) is 4.38. The number of rotatable bonds is 7. The van der Waals surface area contributed by atoms with E-state index < -0.39 is 23.6 Å². The first kappa shape index (κ1) is 29.4. The highest BCUT2D eigenvalue weighted by Crippen LogP contribution is 2.46. The average Bonchev–Trinajstić information content (AvgIpc) is 3.00. The summed E-state index contributed by atoms with van der Waals surface area (Å²) >= 11 is 0. The maximum atomic E-state index is 14.4. The van der Waals surface area contributed by atoms with Gasteiger partial charge in [-0.25, -0.2) is 9.78 Å². The van der Waals surface area contributed by atoms with E-state index in [9.17, 15) is 14.7 Å². The van der Waals surface area contributed by atoms with Gasteiger partial charge in [-0.1, -0.05) is 60.4 Å². The Labute approximate surface area is 249 Å². The molecule has 5 rings (SSSR count). The number of carboxylic acid groups (broad SMARTS) is 1. The SMILES string of the molecule is COC1C(OC)(C(=O)O)C(=O)c2c(Cc3cnc(N)nc3N)cc(C#Cc3ccccc3)cc2[N+]1(C)Cc1ccccc1. The number of carbonyl (C=O) groups is 2. The summed E-state index contributed by atoms with van der Waals surface area (Å²) in [6, 6.07) is 22.7. The molecule has 0 bridgehead atoms. The first-order valence-electron chi connectivity index (χ1n) is 13.5. The number of aliphatic carboxylic acids is 1. The van der Waals surface area contributed by atoms with Crippen molar-refractivity contribution < 1.29 is 24.2 Å². The van der Waals surface area contributed by atoms with Gasteiger partial charge in [-0.15, -0.1) is 0 Å². The number of aromatic nitrogens is 2. The van der Waals surface area contributed by atoms with Crippen molar-refractivity contribution in [1.82, 2.24) is 14.5 Å². The number of ketones is 1. The second-order valence-corrected chi connectivity index (χ2v) is 10.5. The Morgan fingerprint density at radius 2 is 1.65 bits per heavy atom. The molecule has 0 amide bonds. The highest BCUT2D eigenvalue weighted by atomic mass is 16.6. The number of nitrogens with two attached hydrogens (primary N) is 2. The lowest BCUT2D eigenvalue weighted by Crippen LogP contribution is -2.73. The van der Waals surface area contributed by atoms with Gasteiger partial charge in [0.1, 0.15) is 18.1 Å². The third kappa shape index (κ3) is 5.21. The molecule has 5 N–H and O–H groups in total. The van der Waals surface area contributed by atoms with Crippen molar-refractivity contribution in [2.24, 2.45) is 0 Å². The molecule has 1 aromatic heterocycles. The minimum absolute atomic E-state index is 0.0150. The third-order valence-corrected chi connectivity index (χ3v) is 7.82. The van der Waals surface area contributed by atoms with Crippen molar-refractivity contribution in [3.05, 3.63) is 112 Å². The second kappa shape index (κ2) is 11.7. The first-order valence-corrected chi connectivity index (χ1v) is 13.5. The van der Waals surface area contributed by atoms with Crippen molar-refractivity contribution in [3.8, 4) is 11.8 Å². The van der Waals surface area contributed by atoms with Gasteiger partial charge in [0.05, 0.1) is 12.6 Å². The Balaban J connectivity index is 1.82. The molecule has 0 radical (unpaired) electrons. The van der Waals surface area contributed by atoms with Crippen LogP contribution in [-0.4, -0.2) is 59.9 Å². The Morgan fingerprint density at radius 1 is 1.00 bits per heavy atom. The van der Waals surface area contributed by atoms with Crippen LogP contribution in [0.1, 0.15) is 38.2 Å². The van der Waals surface area contributed by atoms with E-state index >= 15 is 0 Å². The summed E-state index contributed by atoms with van der Waals surface area (Å²) in [6.07, 6.45) is 0.366. The summed E-state index contributed by atoms with van der Waals surface area (Å²) < 4.78 is 11.4. The van der Waals surface area contributed by atoms with Crippen molar-refractivity contribution in [1.29, 1.82) is 0 Å². The van der Waals surface area contributed by atoms with Gasteiger partial charge < -0.3 is 26.0 Å². The van der Waals surface area contributed by atoms with E-state index in [1.54, 1.807) is 6.07 Å². The van der Waals surface area contributed by atoms with Gasteiger partial charge >= 0.3 is 11.6 Å². The van der Waals surface area contributed by atoms with E-state index in [1.165, 1.54) is 20.4 Å². The number of carboxylic acids is 1. The van der Waals surface area contributed by atoms with Crippen LogP contribution in [0.3, 0.4) is 0 Å². The number of carbonyl (C=O) groups excluding carboxylic acids is 1. The van der Waals surface area contributed by atoms with Gasteiger partial charge in [0.2, 0.25) is 18.0 Å². The topological polar surface area (TPSA) is 151 Å². The number of fused-ring (bicyclic) bond motifs is 1. The molecule has 10 heteroatoms. The maximum Gasteiger partial charge on any atom is 0.353 e. The number of hydrogen-bond acceptors (Lipinski definition) is 8. The smallest absolute Gasteiger partial charge is 0.353 e. The fourth-order valence-corrected chi connectivity index (χ4v) is 5.84. The molecule has 2 heterocycles. The van der Waals surface area contributed by atoms with Crippen LogP contribution in [0.5, 0.6) is 0 Å². The number of likely N-dealkylation sites (N-methyl/N-ethyl adjacent to an activating group) is 1. The van der Waals surface area contributed by atoms with Crippen LogP contribution in [0.25, 0.3) is 0 Å². The van der Waals surface area contributed by atoms with Crippen molar-refractivity contribution in [2.75, 3.05) is 32.7 Å². The molecule has 10 nitrogen and oxygen atoms in total. The molecule has 0 aliphatic carbocycles. The minimum Gasteiger partial charge on any atom is -0.478 e. The zero-order valence-corrected chi connectivity index (χ0v) is 24.1. The van der Waals surface area contributed by atoms with E-state index in [0.29, 0.717) is 28.9 Å². The molecule has 4 aromatic rings. The number of methoxy groups -OCH3 is 2. The van der Waals surface area contributed by atoms with Crippen molar-refractivity contribution >= 4 is 29.2 Å². The van der Waals surface area contributed by atoms with Gasteiger partial charge in [0.15, 0.2) is 0 Å². The lowest BCUT2D eigenvalue weighted by molar-refractivity contribution is -0.189. The Kier molecular flexibility index (Phi) is 7.98. The quantitative estimate of drug-likeness (QED) is 0.170. The predicted octanol–water partition coefficient (Wildman–Crippen LogP) is 3.41. The fourth-order valence-electron chi connectivity index (χ4n) is 5.84. The molecule has 218 valence electrons. The largest absolute Gasteiger partial charge is 0.478 e. The van der Waals surface area contributed by atoms with Crippen LogP contribution in [0, 0.1) is 11.8 Å². The van der Waals surface area contributed by atoms with Crippen molar-refractivity contribution in [2.45, 2.75) is 24.8 Å². The Bertz CT molecular complexity index is 1750.